The first kappa shape index (κ1) is 34.6. The summed E-state index contributed by atoms with van der Waals surface area (Å²) in [5, 5.41) is 18.7. The number of hydrogen-bond acceptors (Lipinski definition) is 9. The second kappa shape index (κ2) is 27.1. The van der Waals surface area contributed by atoms with Crippen LogP contribution in [-0.4, -0.2) is 103 Å². The van der Waals surface area contributed by atoms with Crippen LogP contribution in [0.25, 0.3) is 0 Å². The van der Waals surface area contributed by atoms with Crippen molar-refractivity contribution >= 4 is 0 Å². The third kappa shape index (κ3) is 21.5. The van der Waals surface area contributed by atoms with Crippen LogP contribution >= 0.6 is 0 Å². The zero-order valence-electron chi connectivity index (χ0n) is 23.5. The van der Waals surface area contributed by atoms with Crippen molar-refractivity contribution in [2.24, 2.45) is 0 Å². The molecule has 1 aromatic rings. The molecule has 0 saturated carbocycles. The van der Waals surface area contributed by atoms with Gasteiger partial charge in [0, 0.05) is 0 Å². The zero-order chi connectivity index (χ0) is 27.4. The number of ether oxygens (including phenoxy) is 7. The molecule has 1 rings (SSSR count). The number of hydrogen-bond donors (Lipinski definition) is 2. The second-order valence-electron chi connectivity index (χ2n) is 8.91. The van der Waals surface area contributed by atoms with Gasteiger partial charge in [-0.05, 0) is 36.6 Å². The Kier molecular flexibility index (Phi) is 24.7. The Labute approximate surface area is 229 Å². The van der Waals surface area contributed by atoms with Gasteiger partial charge in [-0.3, -0.25) is 0 Å². The molecule has 0 radical (unpaired) electrons. The van der Waals surface area contributed by atoms with Gasteiger partial charge in [0.1, 0.15) is 18.1 Å². The van der Waals surface area contributed by atoms with Gasteiger partial charge in [0.25, 0.3) is 0 Å². The third-order valence-corrected chi connectivity index (χ3v) is 5.69. The first-order valence-corrected chi connectivity index (χ1v) is 14.3. The molecule has 222 valence electrons. The average molecular weight is 545 g/mol. The number of aliphatic hydroxyl groups excluding tert-OH is 1. The molecule has 9 nitrogen and oxygen atoms in total. The van der Waals surface area contributed by atoms with Crippen LogP contribution in [0.3, 0.4) is 0 Å². The van der Waals surface area contributed by atoms with Gasteiger partial charge in [-0.15, -0.1) is 0 Å². The molecule has 0 unspecified atom stereocenters. The molecule has 38 heavy (non-hydrogen) atoms. The summed E-state index contributed by atoms with van der Waals surface area (Å²) in [5.74, 6) is 1.11. The highest BCUT2D eigenvalue weighted by Crippen LogP contribution is 2.25. The topological polar surface area (TPSA) is 105 Å². The maximum atomic E-state index is 10.1. The van der Waals surface area contributed by atoms with Crippen molar-refractivity contribution in [3.05, 3.63) is 23.8 Å². The van der Waals surface area contributed by atoms with Crippen LogP contribution in [0, 0.1) is 0 Å². The number of rotatable bonds is 29. The average Bonchev–Trinajstić information content (AvgIpc) is 2.93. The molecule has 0 fully saturated rings. The standard InChI is InChI=1S/C29H52O9/c1-2-3-4-5-6-7-8-9-27-26-28(10-11-29(27)31)38-25-24-37-23-22-36-21-20-35-19-18-34-17-16-33-15-14-32-13-12-30/h10-11,26,30-31H,2-9,12-25H2,1H3. The molecule has 2 N–H and O–H groups in total. The lowest BCUT2D eigenvalue weighted by Crippen LogP contribution is -2.15. The lowest BCUT2D eigenvalue weighted by molar-refractivity contribution is -0.0191. The SMILES string of the molecule is CCCCCCCCCc1cc(OCCOCCOCCOCCOCCOCCOCCO)ccc1O. The maximum absolute atomic E-state index is 10.1. The Morgan fingerprint density at radius 3 is 1.50 bits per heavy atom. The van der Waals surface area contributed by atoms with Gasteiger partial charge in [-0.25, -0.2) is 0 Å². The minimum Gasteiger partial charge on any atom is -0.508 e. The van der Waals surface area contributed by atoms with Crippen LogP contribution in [0.15, 0.2) is 18.2 Å². The van der Waals surface area contributed by atoms with E-state index < -0.39 is 0 Å². The van der Waals surface area contributed by atoms with Gasteiger partial charge < -0.3 is 43.4 Å². The van der Waals surface area contributed by atoms with Crippen molar-refractivity contribution in [1.29, 1.82) is 0 Å². The smallest absolute Gasteiger partial charge is 0.119 e. The number of phenols is 1. The van der Waals surface area contributed by atoms with Crippen LogP contribution in [0.5, 0.6) is 11.5 Å². The number of phenolic OH excluding ortho intramolecular Hbond substituents is 1. The summed E-state index contributed by atoms with van der Waals surface area (Å²) < 4.78 is 38.1. The zero-order valence-corrected chi connectivity index (χ0v) is 23.5. The van der Waals surface area contributed by atoms with E-state index in [0.29, 0.717) is 91.6 Å². The number of unbranched alkanes of at least 4 members (excludes halogenated alkanes) is 6. The lowest BCUT2D eigenvalue weighted by atomic mass is 10.0. The van der Waals surface area contributed by atoms with E-state index in [0.717, 1.165) is 24.2 Å². The van der Waals surface area contributed by atoms with Crippen molar-refractivity contribution in [2.75, 3.05) is 92.5 Å². The fourth-order valence-corrected chi connectivity index (χ4v) is 3.61. The molecule has 0 aliphatic heterocycles. The van der Waals surface area contributed by atoms with E-state index >= 15 is 0 Å². The predicted octanol–water partition coefficient (Wildman–Crippen LogP) is 4.16. The van der Waals surface area contributed by atoms with Crippen molar-refractivity contribution in [3.8, 4) is 11.5 Å². The molecule has 0 amide bonds. The summed E-state index contributed by atoms with van der Waals surface area (Å²) in [4.78, 5) is 0. The van der Waals surface area contributed by atoms with Crippen molar-refractivity contribution in [3.63, 3.8) is 0 Å². The quantitative estimate of drug-likeness (QED) is 0.144. The van der Waals surface area contributed by atoms with Crippen LogP contribution in [0.4, 0.5) is 0 Å². The summed E-state index contributed by atoms with van der Waals surface area (Å²) in [5.41, 5.74) is 0.949. The molecular formula is C29H52O9. The van der Waals surface area contributed by atoms with E-state index in [-0.39, 0.29) is 6.61 Å². The van der Waals surface area contributed by atoms with E-state index in [2.05, 4.69) is 6.92 Å². The molecular weight excluding hydrogens is 492 g/mol. The highest BCUT2D eigenvalue weighted by atomic mass is 16.6. The third-order valence-electron chi connectivity index (χ3n) is 5.69. The summed E-state index contributed by atoms with van der Waals surface area (Å²) >= 11 is 0. The highest BCUT2D eigenvalue weighted by Gasteiger charge is 2.04. The maximum Gasteiger partial charge on any atom is 0.119 e. The van der Waals surface area contributed by atoms with E-state index in [4.69, 9.17) is 38.3 Å². The molecule has 0 heterocycles. The van der Waals surface area contributed by atoms with Crippen LogP contribution in [0.2, 0.25) is 0 Å². The number of aryl methyl sites for hydroxylation is 1. The fourth-order valence-electron chi connectivity index (χ4n) is 3.61. The molecule has 0 bridgehead atoms. The largest absolute Gasteiger partial charge is 0.508 e. The Bertz CT molecular complexity index is 630. The summed E-state index contributed by atoms with van der Waals surface area (Å²) in [6.07, 6.45) is 9.66. The Hall–Kier alpha value is -1.46. The molecule has 9 heteroatoms. The summed E-state index contributed by atoms with van der Waals surface area (Å²) in [6, 6.07) is 5.44. The normalized spacial score (nSPS) is 11.3. The van der Waals surface area contributed by atoms with Crippen molar-refractivity contribution < 1.29 is 43.4 Å². The monoisotopic (exact) mass is 544 g/mol. The lowest BCUT2D eigenvalue weighted by Gasteiger charge is -2.11. The van der Waals surface area contributed by atoms with Crippen molar-refractivity contribution in [2.45, 2.75) is 58.3 Å². The first-order chi connectivity index (χ1) is 18.8. The van der Waals surface area contributed by atoms with Gasteiger partial charge in [-0.2, -0.15) is 0 Å². The minimum atomic E-state index is 0.0283. The molecule has 0 aliphatic carbocycles. The van der Waals surface area contributed by atoms with Crippen LogP contribution < -0.4 is 4.74 Å². The van der Waals surface area contributed by atoms with E-state index in [1.54, 1.807) is 12.1 Å². The molecule has 0 aromatic heterocycles. The number of benzene rings is 1. The fraction of sp³-hybridized carbons (Fsp3) is 0.793. The Balaban J connectivity index is 1.88. The summed E-state index contributed by atoms with van der Waals surface area (Å²) in [7, 11) is 0. The minimum absolute atomic E-state index is 0.0283. The van der Waals surface area contributed by atoms with Gasteiger partial charge in [-0.1, -0.05) is 45.4 Å². The van der Waals surface area contributed by atoms with E-state index in [9.17, 15) is 5.11 Å². The number of aliphatic hydroxyl groups is 1. The predicted molar refractivity (Wildman–Crippen MR) is 147 cm³/mol. The second-order valence-corrected chi connectivity index (χ2v) is 8.91. The molecule has 0 saturated heterocycles. The number of aromatic hydroxyl groups is 1. The van der Waals surface area contributed by atoms with E-state index in [1.165, 1.54) is 38.5 Å². The van der Waals surface area contributed by atoms with Gasteiger partial charge in [0.05, 0.1) is 85.9 Å². The van der Waals surface area contributed by atoms with Crippen LogP contribution in [-0.2, 0) is 34.8 Å². The Morgan fingerprint density at radius 1 is 0.553 bits per heavy atom. The van der Waals surface area contributed by atoms with Gasteiger partial charge in [0.15, 0.2) is 0 Å². The first-order valence-electron chi connectivity index (χ1n) is 14.3. The van der Waals surface area contributed by atoms with Gasteiger partial charge in [0.2, 0.25) is 0 Å². The molecule has 0 aliphatic rings. The van der Waals surface area contributed by atoms with Crippen LogP contribution in [0.1, 0.15) is 57.4 Å². The van der Waals surface area contributed by atoms with Gasteiger partial charge >= 0.3 is 0 Å². The Morgan fingerprint density at radius 2 is 1.00 bits per heavy atom. The molecule has 0 spiro atoms. The van der Waals surface area contributed by atoms with E-state index in [1.807, 2.05) is 6.07 Å². The molecule has 1 aromatic carbocycles. The molecule has 0 atom stereocenters. The highest BCUT2D eigenvalue weighted by molar-refractivity contribution is 5.39. The summed E-state index contributed by atoms with van der Waals surface area (Å²) in [6.45, 7) is 8.54. The van der Waals surface area contributed by atoms with Crippen molar-refractivity contribution in [1.82, 2.24) is 0 Å².